The van der Waals surface area contributed by atoms with Crippen molar-refractivity contribution in [3.63, 3.8) is 0 Å². The fourth-order valence-electron chi connectivity index (χ4n) is 1.54. The summed E-state index contributed by atoms with van der Waals surface area (Å²) in [6, 6.07) is 11.4. The van der Waals surface area contributed by atoms with Gasteiger partial charge in [-0.05, 0) is 12.5 Å². The number of aryl methyl sites for hydroxylation is 1. The van der Waals surface area contributed by atoms with Gasteiger partial charge in [0.15, 0.2) is 11.4 Å². The van der Waals surface area contributed by atoms with E-state index in [0.29, 0.717) is 5.69 Å². The molecule has 0 fully saturated rings. The third-order valence-corrected chi connectivity index (χ3v) is 2.41. The van der Waals surface area contributed by atoms with Gasteiger partial charge in [0.2, 0.25) is 0 Å². The van der Waals surface area contributed by atoms with Crippen LogP contribution in [0.15, 0.2) is 30.5 Å². The van der Waals surface area contributed by atoms with Crippen molar-refractivity contribution in [2.75, 3.05) is 0 Å². The molecule has 0 aliphatic carbocycles. The standard InChI is InChI=1S/C13H8N4/c1-9-4-2-3-5-10(9)13-8-16-11(6-14)12(7-15)17-13/h2-5,8H,1H3. The highest BCUT2D eigenvalue weighted by molar-refractivity contribution is 5.63. The van der Waals surface area contributed by atoms with Gasteiger partial charge in [-0.3, -0.25) is 0 Å². The maximum Gasteiger partial charge on any atom is 0.177 e. The van der Waals surface area contributed by atoms with Crippen LogP contribution in [0.3, 0.4) is 0 Å². The summed E-state index contributed by atoms with van der Waals surface area (Å²) in [4.78, 5) is 8.09. The van der Waals surface area contributed by atoms with E-state index in [1.54, 1.807) is 0 Å². The summed E-state index contributed by atoms with van der Waals surface area (Å²) < 4.78 is 0. The van der Waals surface area contributed by atoms with Gasteiger partial charge in [0.25, 0.3) is 0 Å². The van der Waals surface area contributed by atoms with Gasteiger partial charge >= 0.3 is 0 Å². The molecule has 2 aromatic rings. The first-order valence-electron chi connectivity index (χ1n) is 4.99. The molecule has 1 aromatic heterocycles. The second-order valence-electron chi connectivity index (χ2n) is 3.49. The lowest BCUT2D eigenvalue weighted by Crippen LogP contribution is -1.96. The van der Waals surface area contributed by atoms with Crippen molar-refractivity contribution in [2.45, 2.75) is 6.92 Å². The Balaban J connectivity index is 2.61. The Bertz CT molecular complexity index is 647. The summed E-state index contributed by atoms with van der Waals surface area (Å²) in [5.74, 6) is 0. The summed E-state index contributed by atoms with van der Waals surface area (Å²) >= 11 is 0. The highest BCUT2D eigenvalue weighted by Crippen LogP contribution is 2.20. The van der Waals surface area contributed by atoms with Gasteiger partial charge in [-0.2, -0.15) is 10.5 Å². The minimum absolute atomic E-state index is 0.0600. The predicted molar refractivity (Wildman–Crippen MR) is 61.6 cm³/mol. The zero-order valence-electron chi connectivity index (χ0n) is 9.18. The molecule has 0 spiro atoms. The third kappa shape index (κ3) is 1.97. The van der Waals surface area contributed by atoms with Crippen LogP contribution in [0.2, 0.25) is 0 Å². The summed E-state index contributed by atoms with van der Waals surface area (Å²) in [7, 11) is 0. The van der Waals surface area contributed by atoms with Gasteiger partial charge in [-0.15, -0.1) is 0 Å². The van der Waals surface area contributed by atoms with Crippen LogP contribution in [0.5, 0.6) is 0 Å². The van der Waals surface area contributed by atoms with Crippen LogP contribution in [-0.2, 0) is 0 Å². The van der Waals surface area contributed by atoms with Crippen LogP contribution < -0.4 is 0 Å². The summed E-state index contributed by atoms with van der Waals surface area (Å²) in [6.07, 6.45) is 1.52. The number of hydrogen-bond acceptors (Lipinski definition) is 4. The molecule has 0 aliphatic rings. The molecule has 17 heavy (non-hydrogen) atoms. The quantitative estimate of drug-likeness (QED) is 0.738. The second-order valence-corrected chi connectivity index (χ2v) is 3.49. The largest absolute Gasteiger partial charge is 0.240 e. The third-order valence-electron chi connectivity index (χ3n) is 2.41. The molecule has 1 heterocycles. The van der Waals surface area contributed by atoms with E-state index < -0.39 is 0 Å². The number of nitrogens with zero attached hydrogens (tertiary/aromatic N) is 4. The fourth-order valence-corrected chi connectivity index (χ4v) is 1.54. The molecule has 1 aromatic carbocycles. The summed E-state index contributed by atoms with van der Waals surface area (Å²) in [5, 5.41) is 17.6. The molecule has 2 rings (SSSR count). The van der Waals surface area contributed by atoms with Gasteiger partial charge in [0, 0.05) is 5.56 Å². The molecular weight excluding hydrogens is 212 g/mol. The molecule has 80 valence electrons. The number of nitriles is 2. The minimum Gasteiger partial charge on any atom is -0.240 e. The Labute approximate surface area is 98.8 Å². The predicted octanol–water partition coefficient (Wildman–Crippen LogP) is 2.20. The zero-order chi connectivity index (χ0) is 12.3. The van der Waals surface area contributed by atoms with Crippen LogP contribution >= 0.6 is 0 Å². The van der Waals surface area contributed by atoms with Crippen molar-refractivity contribution < 1.29 is 0 Å². The van der Waals surface area contributed by atoms with Crippen molar-refractivity contribution >= 4 is 0 Å². The SMILES string of the molecule is Cc1ccccc1-c1cnc(C#N)c(C#N)n1. The maximum absolute atomic E-state index is 8.89. The molecule has 0 unspecified atom stereocenters. The van der Waals surface area contributed by atoms with E-state index >= 15 is 0 Å². The molecule has 0 amide bonds. The first-order chi connectivity index (χ1) is 8.26. The summed E-state index contributed by atoms with van der Waals surface area (Å²) in [5.41, 5.74) is 2.70. The van der Waals surface area contributed by atoms with Crippen LogP contribution in [0.1, 0.15) is 17.0 Å². The Morgan fingerprint density at radius 3 is 2.41 bits per heavy atom. The lowest BCUT2D eigenvalue weighted by atomic mass is 10.1. The monoisotopic (exact) mass is 220 g/mol. The van der Waals surface area contributed by atoms with Crippen LogP contribution in [0.4, 0.5) is 0 Å². The van der Waals surface area contributed by atoms with Crippen molar-refractivity contribution in [3.05, 3.63) is 47.4 Å². The van der Waals surface area contributed by atoms with E-state index in [4.69, 9.17) is 10.5 Å². The van der Waals surface area contributed by atoms with Crippen LogP contribution in [0.25, 0.3) is 11.3 Å². The molecule has 4 nitrogen and oxygen atoms in total. The van der Waals surface area contributed by atoms with Crippen molar-refractivity contribution in [2.24, 2.45) is 0 Å². The van der Waals surface area contributed by atoms with Gasteiger partial charge in [0.05, 0.1) is 11.9 Å². The first-order valence-corrected chi connectivity index (χ1v) is 4.99. The fraction of sp³-hybridized carbons (Fsp3) is 0.0769. The topological polar surface area (TPSA) is 73.4 Å². The van der Waals surface area contributed by atoms with Crippen molar-refractivity contribution in [1.82, 2.24) is 9.97 Å². The Morgan fingerprint density at radius 2 is 1.76 bits per heavy atom. The Hall–Kier alpha value is -2.72. The zero-order valence-corrected chi connectivity index (χ0v) is 9.18. The van der Waals surface area contributed by atoms with E-state index in [1.807, 2.05) is 43.3 Å². The highest BCUT2D eigenvalue weighted by atomic mass is 14.8. The van der Waals surface area contributed by atoms with E-state index in [0.717, 1.165) is 11.1 Å². The lowest BCUT2D eigenvalue weighted by Gasteiger charge is -2.04. The van der Waals surface area contributed by atoms with Crippen LogP contribution in [0, 0.1) is 29.6 Å². The molecule has 0 aliphatic heterocycles. The van der Waals surface area contributed by atoms with Gasteiger partial charge in [-0.25, -0.2) is 9.97 Å². The van der Waals surface area contributed by atoms with E-state index in [9.17, 15) is 0 Å². The molecule has 0 radical (unpaired) electrons. The molecule has 4 heteroatoms. The molecule has 0 N–H and O–H groups in total. The molecule has 0 atom stereocenters. The molecule has 0 bridgehead atoms. The van der Waals surface area contributed by atoms with Crippen LogP contribution in [-0.4, -0.2) is 9.97 Å². The lowest BCUT2D eigenvalue weighted by molar-refractivity contribution is 1.13. The Kier molecular flexibility index (Phi) is 2.81. The number of hydrogen-bond donors (Lipinski definition) is 0. The second kappa shape index (κ2) is 4.42. The smallest absolute Gasteiger partial charge is 0.177 e. The van der Waals surface area contributed by atoms with Crippen molar-refractivity contribution in [1.29, 1.82) is 10.5 Å². The number of aromatic nitrogens is 2. The first kappa shape index (κ1) is 10.8. The number of rotatable bonds is 1. The minimum atomic E-state index is 0.0600. The van der Waals surface area contributed by atoms with Gasteiger partial charge < -0.3 is 0 Å². The summed E-state index contributed by atoms with van der Waals surface area (Å²) in [6.45, 7) is 1.96. The van der Waals surface area contributed by atoms with E-state index in [2.05, 4.69) is 9.97 Å². The molecule has 0 saturated carbocycles. The molecule has 0 saturated heterocycles. The average Bonchev–Trinajstić information content (AvgIpc) is 2.38. The maximum atomic E-state index is 8.89. The highest BCUT2D eigenvalue weighted by Gasteiger charge is 2.09. The molecular formula is C13H8N4. The number of benzene rings is 1. The average molecular weight is 220 g/mol. The Morgan fingerprint density at radius 1 is 1.06 bits per heavy atom. The van der Waals surface area contributed by atoms with E-state index in [1.165, 1.54) is 6.20 Å². The van der Waals surface area contributed by atoms with Gasteiger partial charge in [0.1, 0.15) is 12.1 Å². The normalized spacial score (nSPS) is 9.35. The van der Waals surface area contributed by atoms with E-state index in [-0.39, 0.29) is 11.4 Å². The van der Waals surface area contributed by atoms with Crippen molar-refractivity contribution in [3.8, 4) is 23.4 Å². The van der Waals surface area contributed by atoms with Gasteiger partial charge in [-0.1, -0.05) is 24.3 Å².